The zero-order valence-electron chi connectivity index (χ0n) is 9.79. The minimum absolute atomic E-state index is 0.999. The van der Waals surface area contributed by atoms with Crippen molar-refractivity contribution in [3.05, 3.63) is 54.1 Å². The van der Waals surface area contributed by atoms with Crippen molar-refractivity contribution >= 4 is 6.21 Å². The Labute approximate surface area is 101 Å². The van der Waals surface area contributed by atoms with Crippen molar-refractivity contribution in [2.45, 2.75) is 13.0 Å². The van der Waals surface area contributed by atoms with E-state index in [0.29, 0.717) is 0 Å². The molecule has 1 aromatic carbocycles. The second-order valence-electron chi connectivity index (χ2n) is 4.41. The zero-order chi connectivity index (χ0) is 11.5. The molecule has 3 nitrogen and oxygen atoms in total. The van der Waals surface area contributed by atoms with Crippen molar-refractivity contribution in [3.63, 3.8) is 0 Å². The molecule has 0 amide bonds. The Morgan fingerprint density at radius 3 is 3.12 bits per heavy atom. The van der Waals surface area contributed by atoms with Crippen LogP contribution in [0.4, 0.5) is 0 Å². The summed E-state index contributed by atoms with van der Waals surface area (Å²) in [5, 5.41) is 0. The number of imidazole rings is 1. The number of nitrogens with zero attached hydrogens (tertiary/aromatic N) is 3. The zero-order valence-corrected chi connectivity index (χ0v) is 9.79. The van der Waals surface area contributed by atoms with Crippen LogP contribution in [0.3, 0.4) is 0 Å². The molecule has 0 bridgehead atoms. The molecule has 0 radical (unpaired) electrons. The molecule has 3 rings (SSSR count). The average Bonchev–Trinajstić information content (AvgIpc) is 2.89. The number of hydrogen-bond donors (Lipinski definition) is 0. The topological polar surface area (TPSA) is 20.8 Å². The van der Waals surface area contributed by atoms with Crippen LogP contribution >= 0.6 is 0 Å². The number of aromatic nitrogens is 2. The monoisotopic (exact) mass is 226 g/mol. The molecule has 0 saturated carbocycles. The highest BCUT2D eigenvalue weighted by Crippen LogP contribution is 2.10. The van der Waals surface area contributed by atoms with Crippen LogP contribution in [0, 0.1) is 0 Å². The Hall–Kier alpha value is -1.90. The third-order valence-corrected chi connectivity index (χ3v) is 3.25. The minimum Gasteiger partial charge on any atom is -0.331 e. The SMILES string of the molecule is C1=[N+](CCn2ccnc2)CCc2ccccc21. The third kappa shape index (κ3) is 2.28. The quantitative estimate of drug-likeness (QED) is 0.728. The summed E-state index contributed by atoms with van der Waals surface area (Å²) in [5.41, 5.74) is 2.83. The van der Waals surface area contributed by atoms with Gasteiger partial charge < -0.3 is 4.57 Å². The molecule has 0 saturated heterocycles. The molecule has 17 heavy (non-hydrogen) atoms. The normalized spacial score (nSPS) is 14.2. The standard InChI is InChI=1S/C14H16N3/c1-2-4-14-11-16(7-5-13(14)3-1)9-10-17-8-6-15-12-17/h1-4,6,8,11-12H,5,7,9-10H2/q+1. The molecule has 2 aromatic rings. The third-order valence-electron chi connectivity index (χ3n) is 3.25. The van der Waals surface area contributed by atoms with Gasteiger partial charge in [-0.25, -0.2) is 9.56 Å². The first kappa shape index (κ1) is 10.3. The van der Waals surface area contributed by atoms with E-state index in [2.05, 4.69) is 44.6 Å². The van der Waals surface area contributed by atoms with E-state index in [4.69, 9.17) is 0 Å². The Morgan fingerprint density at radius 2 is 2.24 bits per heavy atom. The number of fused-ring (bicyclic) bond motifs is 1. The van der Waals surface area contributed by atoms with Gasteiger partial charge in [-0.05, 0) is 11.6 Å². The number of rotatable bonds is 3. The summed E-state index contributed by atoms with van der Waals surface area (Å²) < 4.78 is 4.51. The summed E-state index contributed by atoms with van der Waals surface area (Å²) in [7, 11) is 0. The Morgan fingerprint density at radius 1 is 1.29 bits per heavy atom. The van der Waals surface area contributed by atoms with Crippen LogP contribution in [0.5, 0.6) is 0 Å². The van der Waals surface area contributed by atoms with E-state index in [1.54, 1.807) is 0 Å². The lowest BCUT2D eigenvalue weighted by Crippen LogP contribution is -2.25. The van der Waals surface area contributed by atoms with Gasteiger partial charge in [0.2, 0.25) is 0 Å². The molecule has 0 aliphatic carbocycles. The van der Waals surface area contributed by atoms with Gasteiger partial charge in [-0.3, -0.25) is 0 Å². The number of benzene rings is 1. The van der Waals surface area contributed by atoms with E-state index in [0.717, 1.165) is 26.1 Å². The molecule has 86 valence electrons. The maximum absolute atomic E-state index is 4.06. The van der Waals surface area contributed by atoms with Crippen molar-refractivity contribution in [1.29, 1.82) is 0 Å². The lowest BCUT2D eigenvalue weighted by Gasteiger charge is -2.12. The van der Waals surface area contributed by atoms with Gasteiger partial charge in [0.15, 0.2) is 12.8 Å². The van der Waals surface area contributed by atoms with Gasteiger partial charge in [0, 0.05) is 24.4 Å². The summed E-state index contributed by atoms with van der Waals surface area (Å²) in [6, 6.07) is 8.64. The van der Waals surface area contributed by atoms with Crippen LogP contribution in [0.15, 0.2) is 43.0 Å². The van der Waals surface area contributed by atoms with Crippen LogP contribution in [0.2, 0.25) is 0 Å². The van der Waals surface area contributed by atoms with Crippen LogP contribution in [0.25, 0.3) is 0 Å². The first-order valence-electron chi connectivity index (χ1n) is 6.04. The van der Waals surface area contributed by atoms with Crippen molar-refractivity contribution in [3.8, 4) is 0 Å². The maximum atomic E-state index is 4.06. The fourth-order valence-corrected chi connectivity index (χ4v) is 2.25. The van der Waals surface area contributed by atoms with Gasteiger partial charge in [0.25, 0.3) is 0 Å². The van der Waals surface area contributed by atoms with Crippen LogP contribution in [-0.4, -0.2) is 33.4 Å². The minimum atomic E-state index is 0.999. The van der Waals surface area contributed by atoms with Gasteiger partial charge >= 0.3 is 0 Å². The lowest BCUT2D eigenvalue weighted by molar-refractivity contribution is -0.525. The van der Waals surface area contributed by atoms with Crippen molar-refractivity contribution in [2.75, 3.05) is 13.1 Å². The van der Waals surface area contributed by atoms with E-state index in [1.165, 1.54) is 11.1 Å². The fourth-order valence-electron chi connectivity index (χ4n) is 2.25. The lowest BCUT2D eigenvalue weighted by atomic mass is 10.0. The molecule has 3 heteroatoms. The van der Waals surface area contributed by atoms with Crippen LogP contribution < -0.4 is 0 Å². The highest BCUT2D eigenvalue weighted by atomic mass is 15.1. The van der Waals surface area contributed by atoms with E-state index < -0.39 is 0 Å². The second kappa shape index (κ2) is 4.53. The van der Waals surface area contributed by atoms with Crippen molar-refractivity contribution < 1.29 is 4.58 Å². The number of hydrogen-bond acceptors (Lipinski definition) is 1. The van der Waals surface area contributed by atoms with Gasteiger partial charge in [0.05, 0.1) is 12.9 Å². The largest absolute Gasteiger partial charge is 0.331 e. The Bertz CT molecular complexity index is 526. The highest BCUT2D eigenvalue weighted by molar-refractivity contribution is 5.78. The summed E-state index contributed by atoms with van der Waals surface area (Å²) in [5.74, 6) is 0. The van der Waals surface area contributed by atoms with Crippen LogP contribution in [0.1, 0.15) is 11.1 Å². The molecule has 0 fully saturated rings. The van der Waals surface area contributed by atoms with Gasteiger partial charge in [0.1, 0.15) is 6.54 Å². The Kier molecular flexibility index (Phi) is 2.74. The predicted molar refractivity (Wildman–Crippen MR) is 67.5 cm³/mol. The molecule has 0 unspecified atom stereocenters. The van der Waals surface area contributed by atoms with Gasteiger partial charge in [-0.2, -0.15) is 0 Å². The van der Waals surface area contributed by atoms with Gasteiger partial charge in [-0.1, -0.05) is 18.2 Å². The maximum Gasteiger partial charge on any atom is 0.171 e. The molecule has 0 atom stereocenters. The van der Waals surface area contributed by atoms with E-state index in [-0.39, 0.29) is 0 Å². The molecule has 1 aliphatic heterocycles. The molecule has 2 heterocycles. The van der Waals surface area contributed by atoms with E-state index in [9.17, 15) is 0 Å². The first-order chi connectivity index (χ1) is 8.42. The first-order valence-corrected chi connectivity index (χ1v) is 6.04. The molecule has 0 N–H and O–H groups in total. The molecule has 1 aromatic heterocycles. The van der Waals surface area contributed by atoms with Crippen LogP contribution in [-0.2, 0) is 13.0 Å². The molecule has 0 spiro atoms. The Balaban J connectivity index is 1.71. The van der Waals surface area contributed by atoms with Gasteiger partial charge in [-0.15, -0.1) is 0 Å². The smallest absolute Gasteiger partial charge is 0.171 e. The van der Waals surface area contributed by atoms with Crippen molar-refractivity contribution in [2.24, 2.45) is 0 Å². The summed E-state index contributed by atoms with van der Waals surface area (Å²) in [6.07, 6.45) is 9.14. The predicted octanol–water partition coefficient (Wildman–Crippen LogP) is 1.57. The molecule has 1 aliphatic rings. The molecular formula is C14H16N3+. The fraction of sp³-hybridized carbons (Fsp3) is 0.286. The second-order valence-corrected chi connectivity index (χ2v) is 4.41. The summed E-state index contributed by atoms with van der Waals surface area (Å²) >= 11 is 0. The average molecular weight is 226 g/mol. The summed E-state index contributed by atoms with van der Waals surface area (Å²) in [4.78, 5) is 4.06. The van der Waals surface area contributed by atoms with E-state index in [1.807, 2.05) is 18.7 Å². The summed E-state index contributed by atoms with van der Waals surface area (Å²) in [6.45, 7) is 3.16. The van der Waals surface area contributed by atoms with Crippen molar-refractivity contribution in [1.82, 2.24) is 9.55 Å². The molecular weight excluding hydrogens is 210 g/mol. The van der Waals surface area contributed by atoms with E-state index >= 15 is 0 Å². The highest BCUT2D eigenvalue weighted by Gasteiger charge is 2.14.